The van der Waals surface area contributed by atoms with Gasteiger partial charge in [-0.3, -0.25) is 9.59 Å². The molecule has 1 aliphatic heterocycles. The molecule has 5 nitrogen and oxygen atoms in total. The van der Waals surface area contributed by atoms with Crippen LogP contribution in [-0.2, 0) is 9.59 Å². The molecule has 1 N–H and O–H groups in total. The molecule has 2 aliphatic rings. The number of likely N-dealkylation sites (tertiary alicyclic amines) is 1. The number of carbonyl (C=O) groups is 2. The number of methoxy groups -OCH3 is 1. The van der Waals surface area contributed by atoms with E-state index >= 15 is 0 Å². The van der Waals surface area contributed by atoms with Crippen molar-refractivity contribution >= 4 is 29.1 Å². The average Bonchev–Trinajstić information content (AvgIpc) is 3.42. The molecule has 1 heterocycles. The summed E-state index contributed by atoms with van der Waals surface area (Å²) in [5, 5.41) is 3.48. The van der Waals surface area contributed by atoms with Gasteiger partial charge in [0, 0.05) is 24.2 Å². The predicted octanol–water partition coefficient (Wildman–Crippen LogP) is 3.78. The van der Waals surface area contributed by atoms with Crippen LogP contribution in [0.15, 0.2) is 12.1 Å². The first-order valence-corrected chi connectivity index (χ1v) is 9.31. The summed E-state index contributed by atoms with van der Waals surface area (Å²) < 4.78 is 5.31. The largest absolute Gasteiger partial charge is 0.495 e. The van der Waals surface area contributed by atoms with E-state index in [2.05, 4.69) is 5.32 Å². The minimum absolute atomic E-state index is 0.0171. The van der Waals surface area contributed by atoms with Gasteiger partial charge < -0.3 is 15.0 Å². The van der Waals surface area contributed by atoms with Gasteiger partial charge in [-0.15, -0.1) is 0 Å². The zero-order valence-corrected chi connectivity index (χ0v) is 15.6. The van der Waals surface area contributed by atoms with Gasteiger partial charge in [-0.25, -0.2) is 0 Å². The standard InChI is InChI=1S/C19H25ClN2O3/c1-13-11-15(16(25-2)12-14(13)20)21-17(23)19(7-8-19)18(24)22-9-5-3-4-6-10-22/h11-12H,3-10H2,1-2H3,(H,21,23). The van der Waals surface area contributed by atoms with Crippen molar-refractivity contribution in [1.29, 1.82) is 0 Å². The van der Waals surface area contributed by atoms with Crippen molar-refractivity contribution < 1.29 is 14.3 Å². The Balaban J connectivity index is 1.76. The van der Waals surface area contributed by atoms with Crippen LogP contribution in [0.4, 0.5) is 5.69 Å². The number of amides is 2. The Morgan fingerprint density at radius 2 is 1.80 bits per heavy atom. The van der Waals surface area contributed by atoms with E-state index in [-0.39, 0.29) is 11.8 Å². The molecule has 1 saturated heterocycles. The molecule has 3 rings (SSSR count). The molecule has 2 amide bonds. The Morgan fingerprint density at radius 3 is 2.36 bits per heavy atom. The van der Waals surface area contributed by atoms with Crippen molar-refractivity contribution in [2.45, 2.75) is 45.4 Å². The maximum absolute atomic E-state index is 13.0. The van der Waals surface area contributed by atoms with E-state index < -0.39 is 5.41 Å². The molecule has 0 spiro atoms. The number of ether oxygens (including phenoxy) is 1. The van der Waals surface area contributed by atoms with E-state index in [1.807, 2.05) is 11.8 Å². The lowest BCUT2D eigenvalue weighted by atomic mass is 10.0. The Labute approximate surface area is 153 Å². The van der Waals surface area contributed by atoms with Crippen molar-refractivity contribution in [1.82, 2.24) is 4.90 Å². The molecule has 0 aromatic heterocycles. The molecular formula is C19H25ClN2O3. The van der Waals surface area contributed by atoms with Crippen LogP contribution in [-0.4, -0.2) is 36.9 Å². The van der Waals surface area contributed by atoms with E-state index in [0.29, 0.717) is 29.3 Å². The van der Waals surface area contributed by atoms with Crippen LogP contribution in [0, 0.1) is 12.3 Å². The molecule has 0 radical (unpaired) electrons. The van der Waals surface area contributed by atoms with Crippen molar-refractivity contribution in [3.63, 3.8) is 0 Å². The van der Waals surface area contributed by atoms with Gasteiger partial charge in [0.15, 0.2) is 0 Å². The van der Waals surface area contributed by atoms with E-state index in [4.69, 9.17) is 16.3 Å². The molecule has 6 heteroatoms. The topological polar surface area (TPSA) is 58.6 Å². The Hall–Kier alpha value is -1.75. The summed E-state index contributed by atoms with van der Waals surface area (Å²) in [4.78, 5) is 27.7. The number of hydrogen-bond donors (Lipinski definition) is 1. The summed E-state index contributed by atoms with van der Waals surface area (Å²) in [5.41, 5.74) is 0.508. The van der Waals surface area contributed by atoms with Gasteiger partial charge in [0.2, 0.25) is 11.8 Å². The van der Waals surface area contributed by atoms with Crippen molar-refractivity contribution in [3.05, 3.63) is 22.7 Å². The van der Waals surface area contributed by atoms with Gasteiger partial charge in [-0.1, -0.05) is 24.4 Å². The smallest absolute Gasteiger partial charge is 0.240 e. The molecule has 1 aliphatic carbocycles. The molecule has 136 valence electrons. The van der Waals surface area contributed by atoms with E-state index in [1.54, 1.807) is 12.1 Å². The number of halogens is 1. The molecule has 0 bridgehead atoms. The number of benzene rings is 1. The molecule has 1 saturated carbocycles. The number of nitrogens with zero attached hydrogens (tertiary/aromatic N) is 1. The minimum Gasteiger partial charge on any atom is -0.495 e. The number of nitrogens with one attached hydrogen (secondary N) is 1. The lowest BCUT2D eigenvalue weighted by molar-refractivity contribution is -0.142. The highest BCUT2D eigenvalue weighted by molar-refractivity contribution is 6.31. The van der Waals surface area contributed by atoms with Gasteiger partial charge in [-0.05, 0) is 44.2 Å². The molecule has 1 aromatic rings. The Kier molecular flexibility index (Phi) is 5.23. The van der Waals surface area contributed by atoms with Gasteiger partial charge in [0.05, 0.1) is 12.8 Å². The second-order valence-corrected chi connectivity index (χ2v) is 7.45. The van der Waals surface area contributed by atoms with Crippen molar-refractivity contribution in [2.75, 3.05) is 25.5 Å². The SMILES string of the molecule is COc1cc(Cl)c(C)cc1NC(=O)C1(C(=O)N2CCCCCC2)CC1. The van der Waals surface area contributed by atoms with Crippen LogP contribution in [0.5, 0.6) is 5.75 Å². The van der Waals surface area contributed by atoms with Gasteiger partial charge in [-0.2, -0.15) is 0 Å². The molecule has 0 atom stereocenters. The predicted molar refractivity (Wildman–Crippen MR) is 98.1 cm³/mol. The van der Waals surface area contributed by atoms with Gasteiger partial charge in [0.25, 0.3) is 0 Å². The van der Waals surface area contributed by atoms with E-state index in [1.165, 1.54) is 7.11 Å². The summed E-state index contributed by atoms with van der Waals surface area (Å²) in [7, 11) is 1.53. The molecular weight excluding hydrogens is 340 g/mol. The fourth-order valence-electron chi connectivity index (χ4n) is 3.41. The van der Waals surface area contributed by atoms with Crippen LogP contribution in [0.3, 0.4) is 0 Å². The van der Waals surface area contributed by atoms with Crippen LogP contribution in [0.25, 0.3) is 0 Å². The lowest BCUT2D eigenvalue weighted by Crippen LogP contribution is -2.43. The van der Waals surface area contributed by atoms with Crippen LogP contribution in [0.2, 0.25) is 5.02 Å². The molecule has 0 unspecified atom stereocenters. The molecule has 2 fully saturated rings. The third-order valence-electron chi connectivity index (χ3n) is 5.22. The van der Waals surface area contributed by atoms with Crippen LogP contribution in [0.1, 0.15) is 44.1 Å². The maximum Gasteiger partial charge on any atom is 0.240 e. The number of hydrogen-bond acceptors (Lipinski definition) is 3. The first-order chi connectivity index (χ1) is 12.0. The fraction of sp³-hybridized carbons (Fsp3) is 0.579. The number of aryl methyl sites for hydroxylation is 1. The normalized spacial score (nSPS) is 19.1. The van der Waals surface area contributed by atoms with E-state index in [0.717, 1.165) is 44.3 Å². The van der Waals surface area contributed by atoms with Crippen molar-refractivity contribution in [3.8, 4) is 5.75 Å². The second-order valence-electron chi connectivity index (χ2n) is 7.04. The first kappa shape index (κ1) is 18.1. The van der Waals surface area contributed by atoms with Gasteiger partial charge >= 0.3 is 0 Å². The van der Waals surface area contributed by atoms with Crippen molar-refractivity contribution in [2.24, 2.45) is 5.41 Å². The Bertz CT molecular complexity index is 677. The summed E-state index contributed by atoms with van der Waals surface area (Å²) in [6, 6.07) is 3.47. The summed E-state index contributed by atoms with van der Waals surface area (Å²) in [6.07, 6.45) is 5.59. The first-order valence-electron chi connectivity index (χ1n) is 8.93. The minimum atomic E-state index is -0.900. The highest BCUT2D eigenvalue weighted by atomic mass is 35.5. The quantitative estimate of drug-likeness (QED) is 0.827. The maximum atomic E-state index is 13.0. The highest BCUT2D eigenvalue weighted by Crippen LogP contribution is 2.49. The summed E-state index contributed by atoms with van der Waals surface area (Å²) in [5.74, 6) is 0.250. The third kappa shape index (κ3) is 3.61. The lowest BCUT2D eigenvalue weighted by Gasteiger charge is -2.25. The highest BCUT2D eigenvalue weighted by Gasteiger charge is 2.58. The zero-order valence-electron chi connectivity index (χ0n) is 14.9. The van der Waals surface area contributed by atoms with Crippen LogP contribution >= 0.6 is 11.6 Å². The number of carbonyl (C=O) groups excluding carboxylic acids is 2. The third-order valence-corrected chi connectivity index (χ3v) is 5.62. The van der Waals surface area contributed by atoms with Crippen LogP contribution < -0.4 is 10.1 Å². The monoisotopic (exact) mass is 364 g/mol. The summed E-state index contributed by atoms with van der Waals surface area (Å²) in [6.45, 7) is 3.39. The fourth-order valence-corrected chi connectivity index (χ4v) is 3.56. The second kappa shape index (κ2) is 7.24. The number of rotatable bonds is 4. The molecule has 25 heavy (non-hydrogen) atoms. The average molecular weight is 365 g/mol. The zero-order chi connectivity index (χ0) is 18.0. The Morgan fingerprint density at radius 1 is 1.16 bits per heavy atom. The van der Waals surface area contributed by atoms with E-state index in [9.17, 15) is 9.59 Å². The molecule has 1 aromatic carbocycles. The summed E-state index contributed by atoms with van der Waals surface area (Å²) >= 11 is 6.12. The van der Waals surface area contributed by atoms with Gasteiger partial charge in [0.1, 0.15) is 11.2 Å². The number of anilines is 1.